The van der Waals surface area contributed by atoms with Crippen molar-refractivity contribution in [2.75, 3.05) is 14.2 Å². The normalized spacial score (nSPS) is 11.0. The van der Waals surface area contributed by atoms with Crippen LogP contribution in [-0.2, 0) is 0 Å². The summed E-state index contributed by atoms with van der Waals surface area (Å²) in [6, 6.07) is 20.2. The Morgan fingerprint density at radius 2 is 1.50 bits per heavy atom. The second-order valence-corrected chi connectivity index (χ2v) is 5.70. The molecule has 3 rings (SSSR count). The highest BCUT2D eigenvalue weighted by atomic mass is 16.5. The van der Waals surface area contributed by atoms with Gasteiger partial charge in [-0.15, -0.1) is 0 Å². The Morgan fingerprint density at radius 1 is 0.885 bits per heavy atom. The minimum Gasteiger partial charge on any atom is -0.497 e. The SMILES string of the molecule is COc1ccc(C(=O)/C(C#N)=C/c2ccc3cc(OC)ccc3c2)cc1. The average molecular weight is 343 g/mol. The van der Waals surface area contributed by atoms with E-state index in [0.717, 1.165) is 22.1 Å². The summed E-state index contributed by atoms with van der Waals surface area (Å²) in [5, 5.41) is 11.5. The van der Waals surface area contributed by atoms with Crippen molar-refractivity contribution in [3.8, 4) is 17.6 Å². The maximum atomic E-state index is 12.6. The first-order chi connectivity index (χ1) is 12.6. The fraction of sp³-hybridized carbons (Fsp3) is 0.0909. The number of hydrogen-bond donors (Lipinski definition) is 0. The van der Waals surface area contributed by atoms with E-state index in [9.17, 15) is 10.1 Å². The molecule has 0 amide bonds. The van der Waals surface area contributed by atoms with Crippen LogP contribution in [0.25, 0.3) is 16.8 Å². The highest BCUT2D eigenvalue weighted by molar-refractivity contribution is 6.14. The number of nitrogens with zero attached hydrogens (tertiary/aromatic N) is 1. The van der Waals surface area contributed by atoms with Crippen LogP contribution in [0, 0.1) is 11.3 Å². The van der Waals surface area contributed by atoms with Crippen LogP contribution in [0.1, 0.15) is 15.9 Å². The summed E-state index contributed by atoms with van der Waals surface area (Å²) in [6.07, 6.45) is 1.61. The predicted molar refractivity (Wildman–Crippen MR) is 101 cm³/mol. The highest BCUT2D eigenvalue weighted by Gasteiger charge is 2.12. The number of benzene rings is 3. The van der Waals surface area contributed by atoms with Gasteiger partial charge in [0.15, 0.2) is 0 Å². The number of nitriles is 1. The first-order valence-corrected chi connectivity index (χ1v) is 8.03. The molecule has 4 heteroatoms. The predicted octanol–water partition coefficient (Wildman–Crippen LogP) is 4.65. The van der Waals surface area contributed by atoms with Crippen LogP contribution in [0.5, 0.6) is 11.5 Å². The summed E-state index contributed by atoms with van der Waals surface area (Å²) >= 11 is 0. The molecule has 128 valence electrons. The average Bonchev–Trinajstić information content (AvgIpc) is 2.71. The largest absolute Gasteiger partial charge is 0.497 e. The molecule has 4 nitrogen and oxygen atoms in total. The number of methoxy groups -OCH3 is 2. The van der Waals surface area contributed by atoms with Gasteiger partial charge in [0, 0.05) is 5.56 Å². The third kappa shape index (κ3) is 3.57. The number of fused-ring (bicyclic) bond motifs is 1. The molecule has 0 aliphatic heterocycles. The van der Waals surface area contributed by atoms with Gasteiger partial charge in [0.25, 0.3) is 0 Å². The molecule has 0 unspecified atom stereocenters. The van der Waals surface area contributed by atoms with Crippen LogP contribution in [0.2, 0.25) is 0 Å². The van der Waals surface area contributed by atoms with Crippen LogP contribution in [0.4, 0.5) is 0 Å². The first-order valence-electron chi connectivity index (χ1n) is 8.03. The molecule has 0 saturated heterocycles. The lowest BCUT2D eigenvalue weighted by atomic mass is 10.0. The van der Waals surface area contributed by atoms with Gasteiger partial charge in [-0.25, -0.2) is 0 Å². The van der Waals surface area contributed by atoms with E-state index in [-0.39, 0.29) is 11.4 Å². The third-order valence-electron chi connectivity index (χ3n) is 4.10. The van der Waals surface area contributed by atoms with E-state index in [0.29, 0.717) is 11.3 Å². The van der Waals surface area contributed by atoms with Gasteiger partial charge in [-0.05, 0) is 64.9 Å². The molecule has 0 spiro atoms. The Kier molecular flexibility index (Phi) is 5.00. The van der Waals surface area contributed by atoms with E-state index < -0.39 is 0 Å². The number of Topliss-reactive ketones (excluding diaryl/α,β-unsaturated/α-hetero) is 1. The number of ketones is 1. The lowest BCUT2D eigenvalue weighted by Gasteiger charge is -2.05. The molecule has 0 aliphatic rings. The van der Waals surface area contributed by atoms with Gasteiger partial charge in [-0.3, -0.25) is 4.79 Å². The topological polar surface area (TPSA) is 59.3 Å². The Morgan fingerprint density at radius 3 is 2.15 bits per heavy atom. The van der Waals surface area contributed by atoms with E-state index >= 15 is 0 Å². The molecular weight excluding hydrogens is 326 g/mol. The van der Waals surface area contributed by atoms with Gasteiger partial charge < -0.3 is 9.47 Å². The van der Waals surface area contributed by atoms with Gasteiger partial charge >= 0.3 is 0 Å². The van der Waals surface area contributed by atoms with Crippen molar-refractivity contribution >= 4 is 22.6 Å². The van der Waals surface area contributed by atoms with Gasteiger partial charge in [-0.1, -0.05) is 18.2 Å². The maximum Gasteiger partial charge on any atom is 0.203 e. The maximum absolute atomic E-state index is 12.6. The fourth-order valence-corrected chi connectivity index (χ4v) is 2.67. The third-order valence-corrected chi connectivity index (χ3v) is 4.10. The Hall–Kier alpha value is -3.58. The molecule has 0 N–H and O–H groups in total. The lowest BCUT2D eigenvalue weighted by molar-refractivity contribution is 0.104. The quantitative estimate of drug-likeness (QED) is 0.384. The van der Waals surface area contributed by atoms with Crippen molar-refractivity contribution in [3.63, 3.8) is 0 Å². The Balaban J connectivity index is 1.93. The summed E-state index contributed by atoms with van der Waals surface area (Å²) in [5.41, 5.74) is 1.33. The van der Waals surface area contributed by atoms with Crippen LogP contribution in [-0.4, -0.2) is 20.0 Å². The van der Waals surface area contributed by atoms with Gasteiger partial charge in [-0.2, -0.15) is 5.26 Å². The van der Waals surface area contributed by atoms with Crippen molar-refractivity contribution in [2.24, 2.45) is 0 Å². The Labute approximate surface area is 151 Å². The van der Waals surface area contributed by atoms with Gasteiger partial charge in [0.1, 0.15) is 23.1 Å². The molecule has 0 aliphatic carbocycles. The monoisotopic (exact) mass is 343 g/mol. The number of hydrogen-bond acceptors (Lipinski definition) is 4. The fourth-order valence-electron chi connectivity index (χ4n) is 2.67. The van der Waals surface area contributed by atoms with E-state index in [1.165, 1.54) is 0 Å². The molecule has 0 heterocycles. The molecule has 26 heavy (non-hydrogen) atoms. The van der Waals surface area contributed by atoms with Crippen LogP contribution >= 0.6 is 0 Å². The van der Waals surface area contributed by atoms with Crippen molar-refractivity contribution in [3.05, 3.63) is 77.4 Å². The van der Waals surface area contributed by atoms with Crippen LogP contribution < -0.4 is 9.47 Å². The zero-order valence-corrected chi connectivity index (χ0v) is 14.5. The summed E-state index contributed by atoms with van der Waals surface area (Å²) in [5.74, 6) is 1.13. The molecule has 3 aromatic rings. The summed E-state index contributed by atoms with van der Waals surface area (Å²) in [6.45, 7) is 0. The number of ether oxygens (including phenoxy) is 2. The molecule has 0 aromatic heterocycles. The lowest BCUT2D eigenvalue weighted by Crippen LogP contribution is -2.01. The molecule has 0 saturated carbocycles. The van der Waals surface area contributed by atoms with Crippen molar-refractivity contribution in [1.29, 1.82) is 5.26 Å². The zero-order valence-electron chi connectivity index (χ0n) is 14.5. The molecule has 3 aromatic carbocycles. The molecular formula is C22H17NO3. The summed E-state index contributed by atoms with van der Waals surface area (Å²) in [7, 11) is 3.19. The van der Waals surface area contributed by atoms with E-state index in [1.54, 1.807) is 44.6 Å². The first kappa shape index (κ1) is 17.2. The number of rotatable bonds is 5. The van der Waals surface area contributed by atoms with E-state index in [2.05, 4.69) is 0 Å². The Bertz CT molecular complexity index is 1030. The van der Waals surface area contributed by atoms with Crippen LogP contribution in [0.15, 0.2) is 66.2 Å². The molecule has 0 bridgehead atoms. The molecule has 0 atom stereocenters. The molecule has 0 fully saturated rings. The number of carbonyl (C=O) groups is 1. The highest BCUT2D eigenvalue weighted by Crippen LogP contribution is 2.23. The minimum atomic E-state index is -0.315. The minimum absolute atomic E-state index is 0.0861. The number of allylic oxidation sites excluding steroid dienone is 1. The van der Waals surface area contributed by atoms with E-state index in [1.807, 2.05) is 42.5 Å². The summed E-state index contributed by atoms with van der Waals surface area (Å²) < 4.78 is 10.3. The van der Waals surface area contributed by atoms with Crippen molar-refractivity contribution in [2.45, 2.75) is 0 Å². The molecule has 0 radical (unpaired) electrons. The van der Waals surface area contributed by atoms with Crippen molar-refractivity contribution < 1.29 is 14.3 Å². The zero-order chi connectivity index (χ0) is 18.5. The summed E-state index contributed by atoms with van der Waals surface area (Å²) in [4.78, 5) is 12.6. The second kappa shape index (κ2) is 7.54. The second-order valence-electron chi connectivity index (χ2n) is 5.70. The van der Waals surface area contributed by atoms with E-state index in [4.69, 9.17) is 9.47 Å². The number of carbonyl (C=O) groups excluding carboxylic acids is 1. The standard InChI is InChI=1S/C22H17NO3/c1-25-20-8-5-16(6-9-20)22(24)19(14-23)12-15-3-4-18-13-21(26-2)10-7-17(18)11-15/h3-13H,1-2H3/b19-12+. The van der Waals surface area contributed by atoms with Crippen LogP contribution in [0.3, 0.4) is 0 Å². The smallest absolute Gasteiger partial charge is 0.203 e. The van der Waals surface area contributed by atoms with Crippen molar-refractivity contribution in [1.82, 2.24) is 0 Å². The van der Waals surface area contributed by atoms with Gasteiger partial charge in [0.05, 0.1) is 14.2 Å². The van der Waals surface area contributed by atoms with Gasteiger partial charge in [0.2, 0.25) is 5.78 Å².